The van der Waals surface area contributed by atoms with E-state index in [1.165, 1.54) is 4.90 Å². The van der Waals surface area contributed by atoms with Crippen molar-refractivity contribution in [3.63, 3.8) is 0 Å². The fourth-order valence-electron chi connectivity index (χ4n) is 5.71. The second kappa shape index (κ2) is 8.20. The average molecular weight is 423 g/mol. The average Bonchev–Trinajstić information content (AvgIpc) is 3.46. The van der Waals surface area contributed by atoms with Crippen molar-refractivity contribution in [3.8, 4) is 0 Å². The second-order valence-electron chi connectivity index (χ2n) is 9.40. The summed E-state index contributed by atoms with van der Waals surface area (Å²) in [4.78, 5) is 44.6. The first-order valence-electron chi connectivity index (χ1n) is 11.3. The number of rotatable bonds is 6. The van der Waals surface area contributed by atoms with E-state index in [9.17, 15) is 14.4 Å². The number of nitrogens with zero attached hydrogens (tertiary/aromatic N) is 3. The topological polar surface area (TPSA) is 73.0 Å². The molecule has 31 heavy (non-hydrogen) atoms. The standard InChI is InChI=1S/C24H30N4O3/c1-26-9-11-27(12-10-26)14-19(16-5-3-2-4-6-16)25-20(29)15-28-23(30)21-17-7-8-18(13-17)22(21)24(28)31/h2-8,17-19,21-22H,9-15H2,1H3,(H,25,29). The lowest BCUT2D eigenvalue weighted by molar-refractivity contribution is -0.144. The molecule has 5 atom stereocenters. The number of amides is 3. The van der Waals surface area contributed by atoms with Gasteiger partial charge in [-0.25, -0.2) is 0 Å². The molecule has 1 saturated carbocycles. The van der Waals surface area contributed by atoms with Gasteiger partial charge in [0.05, 0.1) is 17.9 Å². The Balaban J connectivity index is 1.25. The molecule has 7 nitrogen and oxygen atoms in total. The molecule has 0 aromatic heterocycles. The molecule has 5 unspecified atom stereocenters. The highest BCUT2D eigenvalue weighted by Crippen LogP contribution is 2.52. The van der Waals surface area contributed by atoms with Crippen molar-refractivity contribution in [2.75, 3.05) is 46.3 Å². The van der Waals surface area contributed by atoms with Gasteiger partial charge in [0.2, 0.25) is 17.7 Å². The maximum Gasteiger partial charge on any atom is 0.240 e. The fraction of sp³-hybridized carbons (Fsp3) is 0.542. The summed E-state index contributed by atoms with van der Waals surface area (Å²) in [6.07, 6.45) is 5.04. The van der Waals surface area contributed by atoms with E-state index >= 15 is 0 Å². The van der Waals surface area contributed by atoms with Crippen molar-refractivity contribution in [1.29, 1.82) is 0 Å². The van der Waals surface area contributed by atoms with Crippen LogP contribution in [0.4, 0.5) is 0 Å². The molecule has 0 radical (unpaired) electrons. The Morgan fingerprint density at radius 2 is 1.61 bits per heavy atom. The van der Waals surface area contributed by atoms with E-state index < -0.39 is 0 Å². The van der Waals surface area contributed by atoms with E-state index in [0.29, 0.717) is 6.54 Å². The minimum atomic E-state index is -0.273. The minimum Gasteiger partial charge on any atom is -0.346 e. The van der Waals surface area contributed by atoms with Gasteiger partial charge >= 0.3 is 0 Å². The molecule has 7 heteroatoms. The molecule has 2 saturated heterocycles. The van der Waals surface area contributed by atoms with Crippen LogP contribution in [0.1, 0.15) is 18.0 Å². The van der Waals surface area contributed by atoms with Crippen LogP contribution in [0, 0.1) is 23.7 Å². The van der Waals surface area contributed by atoms with Gasteiger partial charge in [0.1, 0.15) is 6.54 Å². The van der Waals surface area contributed by atoms with E-state index in [-0.39, 0.29) is 54.0 Å². The number of fused-ring (bicyclic) bond motifs is 5. The van der Waals surface area contributed by atoms with Crippen LogP contribution in [0.3, 0.4) is 0 Å². The number of imide groups is 1. The molecule has 2 heterocycles. The lowest BCUT2D eigenvalue weighted by atomic mass is 9.85. The molecule has 3 fully saturated rings. The van der Waals surface area contributed by atoms with E-state index in [4.69, 9.17) is 0 Å². The number of nitrogens with one attached hydrogen (secondary N) is 1. The Kier molecular flexibility index (Phi) is 5.40. The molecular formula is C24H30N4O3. The maximum atomic E-state index is 13.0. The van der Waals surface area contributed by atoms with E-state index in [0.717, 1.165) is 38.2 Å². The third kappa shape index (κ3) is 3.81. The molecule has 1 aromatic carbocycles. The predicted octanol–water partition coefficient (Wildman–Crippen LogP) is 0.898. The third-order valence-electron chi connectivity index (χ3n) is 7.44. The summed E-state index contributed by atoms with van der Waals surface area (Å²) in [5.41, 5.74) is 1.04. The molecular weight excluding hydrogens is 392 g/mol. The van der Waals surface area contributed by atoms with E-state index in [1.54, 1.807) is 0 Å². The van der Waals surface area contributed by atoms with Gasteiger partial charge in [-0.3, -0.25) is 24.2 Å². The number of likely N-dealkylation sites (tertiary alicyclic amines) is 1. The van der Waals surface area contributed by atoms with Crippen molar-refractivity contribution in [2.24, 2.45) is 23.7 Å². The smallest absolute Gasteiger partial charge is 0.240 e. The zero-order valence-corrected chi connectivity index (χ0v) is 17.9. The summed E-state index contributed by atoms with van der Waals surface area (Å²) in [6.45, 7) is 4.45. The number of likely N-dealkylation sites (N-methyl/N-ethyl adjacent to an activating group) is 1. The van der Waals surface area contributed by atoms with E-state index in [2.05, 4.69) is 34.3 Å². The lowest BCUT2D eigenvalue weighted by Crippen LogP contribution is -2.49. The van der Waals surface area contributed by atoms with Crippen LogP contribution >= 0.6 is 0 Å². The second-order valence-corrected chi connectivity index (χ2v) is 9.40. The number of hydrogen-bond donors (Lipinski definition) is 1. The highest BCUT2D eigenvalue weighted by Gasteiger charge is 2.59. The van der Waals surface area contributed by atoms with Crippen LogP contribution < -0.4 is 5.32 Å². The van der Waals surface area contributed by atoms with Gasteiger partial charge in [0.15, 0.2) is 0 Å². The van der Waals surface area contributed by atoms with Gasteiger partial charge in [-0.05, 0) is 30.9 Å². The quantitative estimate of drug-likeness (QED) is 0.545. The fourth-order valence-corrected chi connectivity index (χ4v) is 5.71. The predicted molar refractivity (Wildman–Crippen MR) is 116 cm³/mol. The van der Waals surface area contributed by atoms with Crippen LogP contribution in [0.25, 0.3) is 0 Å². The maximum absolute atomic E-state index is 13.0. The monoisotopic (exact) mass is 422 g/mol. The van der Waals surface area contributed by atoms with Crippen molar-refractivity contribution in [2.45, 2.75) is 12.5 Å². The van der Waals surface area contributed by atoms with Gasteiger partial charge in [-0.1, -0.05) is 42.5 Å². The third-order valence-corrected chi connectivity index (χ3v) is 7.44. The zero-order chi connectivity index (χ0) is 21.5. The number of hydrogen-bond acceptors (Lipinski definition) is 5. The molecule has 5 rings (SSSR count). The molecule has 2 aliphatic carbocycles. The van der Waals surface area contributed by atoms with Crippen LogP contribution in [0.15, 0.2) is 42.5 Å². The zero-order valence-electron chi connectivity index (χ0n) is 17.9. The SMILES string of the molecule is CN1CCN(CC(NC(=O)CN2C(=O)C3C4C=CC(C4)C3C2=O)c2ccccc2)CC1. The summed E-state index contributed by atoms with van der Waals surface area (Å²) in [7, 11) is 2.12. The Morgan fingerprint density at radius 1 is 1.00 bits per heavy atom. The number of piperazine rings is 1. The van der Waals surface area contributed by atoms with Gasteiger partial charge < -0.3 is 10.2 Å². The summed E-state index contributed by atoms with van der Waals surface area (Å²) < 4.78 is 0. The first-order chi connectivity index (χ1) is 15.0. The molecule has 2 aliphatic heterocycles. The number of carbonyl (C=O) groups excluding carboxylic acids is 3. The number of benzene rings is 1. The summed E-state index contributed by atoms with van der Waals surface area (Å²) in [6, 6.07) is 9.75. The normalized spacial score (nSPS) is 31.3. The Hall–Kier alpha value is -2.51. The van der Waals surface area contributed by atoms with Crippen molar-refractivity contribution in [3.05, 3.63) is 48.0 Å². The van der Waals surface area contributed by atoms with Gasteiger partial charge in [-0.15, -0.1) is 0 Å². The van der Waals surface area contributed by atoms with Crippen LogP contribution in [0.5, 0.6) is 0 Å². The molecule has 1 N–H and O–H groups in total. The van der Waals surface area contributed by atoms with Gasteiger partial charge in [-0.2, -0.15) is 0 Å². The van der Waals surface area contributed by atoms with Crippen molar-refractivity contribution >= 4 is 17.7 Å². The molecule has 164 valence electrons. The lowest BCUT2D eigenvalue weighted by Gasteiger charge is -2.35. The molecule has 2 bridgehead atoms. The highest BCUT2D eigenvalue weighted by molar-refractivity contribution is 6.08. The van der Waals surface area contributed by atoms with Crippen LogP contribution in [0.2, 0.25) is 0 Å². The summed E-state index contributed by atoms with van der Waals surface area (Å²) in [5, 5.41) is 3.11. The largest absolute Gasteiger partial charge is 0.346 e. The van der Waals surface area contributed by atoms with Crippen molar-refractivity contribution < 1.29 is 14.4 Å². The first-order valence-corrected chi connectivity index (χ1v) is 11.3. The van der Waals surface area contributed by atoms with Crippen LogP contribution in [-0.2, 0) is 14.4 Å². The van der Waals surface area contributed by atoms with Crippen molar-refractivity contribution in [1.82, 2.24) is 20.0 Å². The highest BCUT2D eigenvalue weighted by atomic mass is 16.2. The van der Waals surface area contributed by atoms with Crippen LogP contribution in [-0.4, -0.2) is 78.7 Å². The molecule has 1 aromatic rings. The first kappa shape index (κ1) is 20.4. The number of carbonyl (C=O) groups is 3. The Labute approximate surface area is 183 Å². The van der Waals surface area contributed by atoms with E-state index in [1.807, 2.05) is 30.3 Å². The minimum absolute atomic E-state index is 0.161. The molecule has 4 aliphatic rings. The van der Waals surface area contributed by atoms with Gasteiger partial charge in [0.25, 0.3) is 0 Å². The number of allylic oxidation sites excluding steroid dienone is 2. The Morgan fingerprint density at radius 3 is 2.23 bits per heavy atom. The molecule has 0 spiro atoms. The summed E-state index contributed by atoms with van der Waals surface area (Å²) in [5.74, 6) is -0.807. The molecule has 3 amide bonds. The summed E-state index contributed by atoms with van der Waals surface area (Å²) >= 11 is 0. The Bertz CT molecular complexity index is 863. The van der Waals surface area contributed by atoms with Gasteiger partial charge in [0, 0.05) is 32.7 Å².